The number of anilines is 1. The first-order valence-corrected chi connectivity index (χ1v) is 7.19. The van der Waals surface area contributed by atoms with Crippen molar-refractivity contribution in [3.05, 3.63) is 65.2 Å². The minimum absolute atomic E-state index is 0.0564. The Morgan fingerprint density at radius 1 is 1.00 bits per heavy atom. The second-order valence-corrected chi connectivity index (χ2v) is 5.51. The zero-order valence-corrected chi connectivity index (χ0v) is 12.2. The van der Waals surface area contributed by atoms with E-state index in [0.29, 0.717) is 13.1 Å². The summed E-state index contributed by atoms with van der Waals surface area (Å²) in [6, 6.07) is 12.8. The zero-order chi connectivity index (χ0) is 16.4. The van der Waals surface area contributed by atoms with Crippen LogP contribution >= 0.6 is 0 Å². The van der Waals surface area contributed by atoms with Crippen molar-refractivity contribution in [3.63, 3.8) is 0 Å². The van der Waals surface area contributed by atoms with Crippen LogP contribution in [0.2, 0.25) is 0 Å². The number of para-hydroxylation sites is 1. The normalized spacial score (nSPS) is 14.6. The molecule has 0 aliphatic carbocycles. The van der Waals surface area contributed by atoms with Crippen molar-refractivity contribution in [2.75, 3.05) is 11.9 Å². The quantitative estimate of drug-likeness (QED) is 0.936. The van der Waals surface area contributed by atoms with Gasteiger partial charge in [-0.2, -0.15) is 13.2 Å². The zero-order valence-electron chi connectivity index (χ0n) is 12.2. The molecule has 3 nitrogen and oxygen atoms in total. The fourth-order valence-electron chi connectivity index (χ4n) is 2.75. The molecular weight excluding hydrogens is 305 g/mol. The second-order valence-electron chi connectivity index (χ2n) is 5.51. The summed E-state index contributed by atoms with van der Waals surface area (Å²) in [5, 5.41) is 2.37. The van der Waals surface area contributed by atoms with E-state index in [9.17, 15) is 18.0 Å². The molecule has 1 aliphatic rings. The van der Waals surface area contributed by atoms with Gasteiger partial charge in [0.25, 0.3) is 0 Å². The van der Waals surface area contributed by atoms with E-state index < -0.39 is 17.6 Å². The Bertz CT molecular complexity index is 703. The maximum absolute atomic E-state index is 12.9. The Kier molecular flexibility index (Phi) is 4.09. The summed E-state index contributed by atoms with van der Waals surface area (Å²) >= 11 is 0. The predicted molar refractivity (Wildman–Crippen MR) is 80.6 cm³/mol. The van der Waals surface area contributed by atoms with Crippen LogP contribution < -0.4 is 5.32 Å². The number of alkyl halides is 3. The molecule has 23 heavy (non-hydrogen) atoms. The molecular formula is C17H15F3N2O. The van der Waals surface area contributed by atoms with Gasteiger partial charge in [-0.25, -0.2) is 0 Å². The van der Waals surface area contributed by atoms with Gasteiger partial charge in [-0.05, 0) is 23.3 Å². The van der Waals surface area contributed by atoms with Gasteiger partial charge in [0.1, 0.15) is 0 Å². The molecule has 2 aromatic rings. The number of carbonyl (C=O) groups is 1. The molecule has 6 heteroatoms. The number of benzene rings is 2. The van der Waals surface area contributed by atoms with E-state index in [4.69, 9.17) is 0 Å². The Morgan fingerprint density at radius 2 is 1.57 bits per heavy atom. The lowest BCUT2D eigenvalue weighted by Crippen LogP contribution is -2.30. The molecule has 1 heterocycles. The highest BCUT2D eigenvalue weighted by Gasteiger charge is 2.33. The van der Waals surface area contributed by atoms with Gasteiger partial charge in [-0.15, -0.1) is 0 Å². The van der Waals surface area contributed by atoms with Crippen molar-refractivity contribution in [1.82, 2.24) is 4.90 Å². The summed E-state index contributed by atoms with van der Waals surface area (Å²) in [5.41, 5.74) is 1.26. The number of amides is 1. The van der Waals surface area contributed by atoms with Crippen LogP contribution in [0.15, 0.2) is 48.5 Å². The van der Waals surface area contributed by atoms with Crippen LogP contribution in [-0.4, -0.2) is 17.4 Å². The second kappa shape index (κ2) is 6.04. The first kappa shape index (κ1) is 15.6. The number of hydrogen-bond donors (Lipinski definition) is 1. The average molecular weight is 320 g/mol. The molecule has 2 aromatic carbocycles. The highest BCUT2D eigenvalue weighted by Crippen LogP contribution is 2.34. The summed E-state index contributed by atoms with van der Waals surface area (Å²) in [7, 11) is 0. The summed E-state index contributed by atoms with van der Waals surface area (Å²) in [6.07, 6.45) is -4.49. The predicted octanol–water partition coefficient (Wildman–Crippen LogP) is 3.66. The molecule has 120 valence electrons. The van der Waals surface area contributed by atoms with Crippen LogP contribution in [0, 0.1) is 0 Å². The number of carbonyl (C=O) groups excluding carboxylic acids is 1. The molecule has 0 saturated heterocycles. The maximum atomic E-state index is 12.9. The van der Waals surface area contributed by atoms with Gasteiger partial charge in [-0.1, -0.05) is 36.4 Å². The van der Waals surface area contributed by atoms with Crippen molar-refractivity contribution < 1.29 is 18.0 Å². The molecule has 0 spiro atoms. The van der Waals surface area contributed by atoms with Gasteiger partial charge in [0, 0.05) is 13.1 Å². The topological polar surface area (TPSA) is 32.3 Å². The van der Waals surface area contributed by atoms with Gasteiger partial charge in [0.2, 0.25) is 5.91 Å². The van der Waals surface area contributed by atoms with E-state index in [1.54, 1.807) is 0 Å². The number of halogens is 3. The minimum atomic E-state index is -4.49. The number of hydrogen-bond acceptors (Lipinski definition) is 2. The van der Waals surface area contributed by atoms with E-state index in [1.165, 1.54) is 18.2 Å². The molecule has 0 atom stereocenters. The number of nitrogens with zero attached hydrogens (tertiary/aromatic N) is 1. The Morgan fingerprint density at radius 3 is 2.17 bits per heavy atom. The van der Waals surface area contributed by atoms with E-state index in [2.05, 4.69) is 5.32 Å². The van der Waals surface area contributed by atoms with E-state index in [1.807, 2.05) is 29.2 Å². The van der Waals surface area contributed by atoms with Crippen LogP contribution in [0.3, 0.4) is 0 Å². The monoisotopic (exact) mass is 320 g/mol. The van der Waals surface area contributed by atoms with Gasteiger partial charge < -0.3 is 5.32 Å². The molecule has 1 amide bonds. The lowest BCUT2D eigenvalue weighted by molar-refractivity contribution is -0.137. The van der Waals surface area contributed by atoms with Crippen molar-refractivity contribution in [2.45, 2.75) is 19.3 Å². The highest BCUT2D eigenvalue weighted by molar-refractivity contribution is 5.93. The number of rotatable bonds is 3. The van der Waals surface area contributed by atoms with Gasteiger partial charge in [-0.3, -0.25) is 9.69 Å². The SMILES string of the molecule is O=C(CN1Cc2ccccc2C1)Nc1ccccc1C(F)(F)F. The Balaban J connectivity index is 1.66. The average Bonchev–Trinajstić information content (AvgIpc) is 2.88. The fourth-order valence-corrected chi connectivity index (χ4v) is 2.75. The van der Waals surface area contributed by atoms with E-state index in [-0.39, 0.29) is 12.2 Å². The lowest BCUT2D eigenvalue weighted by atomic mass is 10.1. The molecule has 3 rings (SSSR count). The van der Waals surface area contributed by atoms with Crippen LogP contribution in [0.4, 0.5) is 18.9 Å². The smallest absolute Gasteiger partial charge is 0.324 e. The first-order valence-electron chi connectivity index (χ1n) is 7.19. The van der Waals surface area contributed by atoms with Gasteiger partial charge >= 0.3 is 6.18 Å². The molecule has 0 fully saturated rings. The maximum Gasteiger partial charge on any atom is 0.418 e. The molecule has 0 radical (unpaired) electrons. The third kappa shape index (κ3) is 3.53. The molecule has 0 aromatic heterocycles. The van der Waals surface area contributed by atoms with Crippen LogP contribution in [0.1, 0.15) is 16.7 Å². The third-order valence-electron chi connectivity index (χ3n) is 3.78. The van der Waals surface area contributed by atoms with Crippen molar-refractivity contribution in [3.8, 4) is 0 Å². The summed E-state index contributed by atoms with van der Waals surface area (Å²) in [5.74, 6) is -0.450. The van der Waals surface area contributed by atoms with Crippen molar-refractivity contribution in [1.29, 1.82) is 0 Å². The Hall–Kier alpha value is -2.34. The molecule has 0 unspecified atom stereocenters. The summed E-state index contributed by atoms with van der Waals surface area (Å²) in [4.78, 5) is 14.0. The molecule has 1 N–H and O–H groups in total. The number of nitrogens with one attached hydrogen (secondary N) is 1. The third-order valence-corrected chi connectivity index (χ3v) is 3.78. The van der Waals surface area contributed by atoms with Crippen LogP contribution in [-0.2, 0) is 24.1 Å². The van der Waals surface area contributed by atoms with Crippen molar-refractivity contribution >= 4 is 11.6 Å². The molecule has 0 saturated carbocycles. The van der Waals surface area contributed by atoms with Gasteiger partial charge in [0.15, 0.2) is 0 Å². The largest absolute Gasteiger partial charge is 0.418 e. The van der Waals surface area contributed by atoms with Crippen LogP contribution in [0.5, 0.6) is 0 Å². The van der Waals surface area contributed by atoms with E-state index >= 15 is 0 Å². The number of fused-ring (bicyclic) bond motifs is 1. The minimum Gasteiger partial charge on any atom is -0.324 e. The molecule has 0 bridgehead atoms. The summed E-state index contributed by atoms with van der Waals surface area (Å²) in [6.45, 7) is 1.32. The van der Waals surface area contributed by atoms with Crippen molar-refractivity contribution in [2.24, 2.45) is 0 Å². The lowest BCUT2D eigenvalue weighted by Gasteiger charge is -2.17. The fraction of sp³-hybridized carbons (Fsp3) is 0.235. The van der Waals surface area contributed by atoms with Crippen LogP contribution in [0.25, 0.3) is 0 Å². The first-order chi connectivity index (χ1) is 10.9. The molecule has 1 aliphatic heterocycles. The van der Waals surface area contributed by atoms with Gasteiger partial charge in [0.05, 0.1) is 17.8 Å². The highest BCUT2D eigenvalue weighted by atomic mass is 19.4. The summed E-state index contributed by atoms with van der Waals surface area (Å²) < 4.78 is 38.8. The Labute approximate surface area is 131 Å². The standard InChI is InChI=1S/C17H15F3N2O/c18-17(19,20)14-7-3-4-8-15(14)21-16(23)11-22-9-12-5-1-2-6-13(12)10-22/h1-8H,9-11H2,(H,21,23). The van der Waals surface area contributed by atoms with E-state index in [0.717, 1.165) is 17.2 Å².